The second-order valence-corrected chi connectivity index (χ2v) is 4.78. The molecule has 1 saturated carbocycles. The molecule has 3 nitrogen and oxygen atoms in total. The summed E-state index contributed by atoms with van der Waals surface area (Å²) in [5.74, 6) is -0.323. The molecule has 1 aliphatic carbocycles. The zero-order chi connectivity index (χ0) is 10.1. The smallest absolute Gasteiger partial charge is 0.347 e. The summed E-state index contributed by atoms with van der Waals surface area (Å²) in [6, 6.07) is 0. The number of thiazole rings is 1. The highest BCUT2D eigenvalue weighted by Gasteiger charge is 2.23. The van der Waals surface area contributed by atoms with Gasteiger partial charge in [-0.1, -0.05) is 12.8 Å². The Kier molecular flexibility index (Phi) is 2.54. The van der Waals surface area contributed by atoms with Crippen LogP contribution in [0.5, 0.6) is 0 Å². The molecule has 1 fully saturated rings. The number of nitrogens with zero attached hydrogens (tertiary/aromatic N) is 1. The topological polar surface area (TPSA) is 50.2 Å². The molecule has 14 heavy (non-hydrogen) atoms. The van der Waals surface area contributed by atoms with Crippen molar-refractivity contribution in [1.82, 2.24) is 4.98 Å². The summed E-state index contributed by atoms with van der Waals surface area (Å²) in [5.41, 5.74) is 0.671. The lowest BCUT2D eigenvalue weighted by Crippen LogP contribution is -1.94. The minimum absolute atomic E-state index is 0.409. The highest BCUT2D eigenvalue weighted by molar-refractivity contribution is 7.13. The molecule has 2 rings (SSSR count). The number of rotatable bonds is 2. The highest BCUT2D eigenvalue weighted by atomic mass is 32.1. The first-order valence-electron chi connectivity index (χ1n) is 4.89. The van der Waals surface area contributed by atoms with E-state index < -0.39 is 5.97 Å². The lowest BCUT2D eigenvalue weighted by Gasteiger charge is -2.01. The van der Waals surface area contributed by atoms with Crippen LogP contribution in [-0.2, 0) is 0 Å². The number of carbonyl (C=O) groups is 1. The number of carboxylic acid groups (broad SMARTS) is 1. The molecule has 1 aromatic heterocycles. The van der Waals surface area contributed by atoms with Crippen LogP contribution in [0.4, 0.5) is 0 Å². The van der Waals surface area contributed by atoms with E-state index >= 15 is 0 Å². The van der Waals surface area contributed by atoms with Gasteiger partial charge in [0.05, 0.1) is 10.7 Å². The van der Waals surface area contributed by atoms with Crippen LogP contribution in [0.1, 0.15) is 52.0 Å². The summed E-state index contributed by atoms with van der Waals surface area (Å²) >= 11 is 1.35. The van der Waals surface area contributed by atoms with Crippen LogP contribution in [0.2, 0.25) is 0 Å². The molecule has 0 amide bonds. The molecule has 4 heteroatoms. The number of carboxylic acids is 1. The van der Waals surface area contributed by atoms with Gasteiger partial charge in [0.1, 0.15) is 4.88 Å². The molecule has 76 valence electrons. The monoisotopic (exact) mass is 211 g/mol. The molecule has 1 heterocycles. The molecule has 0 atom stereocenters. The molecule has 0 bridgehead atoms. The predicted molar refractivity (Wildman–Crippen MR) is 55.0 cm³/mol. The standard InChI is InChI=1S/C10H13NO2S/c1-6-8(10(12)13)14-9(11-6)7-4-2-3-5-7/h7H,2-5H2,1H3,(H,12,13). The quantitative estimate of drug-likeness (QED) is 0.818. The Morgan fingerprint density at radius 1 is 1.50 bits per heavy atom. The second kappa shape index (κ2) is 3.69. The van der Waals surface area contributed by atoms with Crippen molar-refractivity contribution in [2.24, 2.45) is 0 Å². The fourth-order valence-corrected chi connectivity index (χ4v) is 3.04. The molecular formula is C10H13NO2S. The van der Waals surface area contributed by atoms with Gasteiger partial charge in [0.15, 0.2) is 0 Å². The Bertz CT molecular complexity index is 353. The largest absolute Gasteiger partial charge is 0.477 e. The van der Waals surface area contributed by atoms with Gasteiger partial charge in [-0.3, -0.25) is 0 Å². The van der Waals surface area contributed by atoms with Crippen molar-refractivity contribution in [2.45, 2.75) is 38.5 Å². The molecule has 1 N–H and O–H groups in total. The normalized spacial score (nSPS) is 17.5. The lowest BCUT2D eigenvalue weighted by atomic mass is 10.1. The SMILES string of the molecule is Cc1nc(C2CCCC2)sc1C(=O)O. The minimum Gasteiger partial charge on any atom is -0.477 e. The fourth-order valence-electron chi connectivity index (χ4n) is 1.96. The number of aryl methyl sites for hydroxylation is 1. The van der Waals surface area contributed by atoms with Crippen LogP contribution in [0.15, 0.2) is 0 Å². The van der Waals surface area contributed by atoms with Crippen LogP contribution in [-0.4, -0.2) is 16.1 Å². The van der Waals surface area contributed by atoms with Crippen molar-refractivity contribution in [3.63, 3.8) is 0 Å². The van der Waals surface area contributed by atoms with Crippen LogP contribution in [0, 0.1) is 6.92 Å². The number of aromatic carboxylic acids is 1. The predicted octanol–water partition coefficient (Wildman–Crippen LogP) is 2.81. The van der Waals surface area contributed by atoms with Gasteiger partial charge in [-0.25, -0.2) is 9.78 Å². The number of hydrogen-bond donors (Lipinski definition) is 1. The van der Waals surface area contributed by atoms with Crippen molar-refractivity contribution in [3.05, 3.63) is 15.6 Å². The van der Waals surface area contributed by atoms with Crippen LogP contribution in [0.25, 0.3) is 0 Å². The molecule has 0 radical (unpaired) electrons. The zero-order valence-corrected chi connectivity index (χ0v) is 8.93. The Morgan fingerprint density at radius 3 is 2.64 bits per heavy atom. The van der Waals surface area contributed by atoms with Crippen molar-refractivity contribution >= 4 is 17.3 Å². The van der Waals surface area contributed by atoms with Gasteiger partial charge in [0.25, 0.3) is 0 Å². The summed E-state index contributed by atoms with van der Waals surface area (Å²) in [4.78, 5) is 15.6. The Hall–Kier alpha value is -0.900. The number of aromatic nitrogens is 1. The average Bonchev–Trinajstić information content (AvgIpc) is 2.70. The zero-order valence-electron chi connectivity index (χ0n) is 8.12. The van der Waals surface area contributed by atoms with Gasteiger partial charge in [0.2, 0.25) is 0 Å². The van der Waals surface area contributed by atoms with E-state index in [1.165, 1.54) is 37.0 Å². The molecule has 0 unspecified atom stereocenters. The van der Waals surface area contributed by atoms with E-state index in [2.05, 4.69) is 4.98 Å². The summed E-state index contributed by atoms with van der Waals surface area (Å²) < 4.78 is 0. The maximum absolute atomic E-state index is 10.8. The molecular weight excluding hydrogens is 198 g/mol. The third-order valence-electron chi connectivity index (χ3n) is 2.71. The first-order valence-corrected chi connectivity index (χ1v) is 5.70. The van der Waals surface area contributed by atoms with E-state index in [9.17, 15) is 4.79 Å². The van der Waals surface area contributed by atoms with E-state index in [1.807, 2.05) is 0 Å². The minimum atomic E-state index is -0.843. The van der Waals surface area contributed by atoms with Crippen LogP contribution >= 0.6 is 11.3 Å². The maximum Gasteiger partial charge on any atom is 0.347 e. The van der Waals surface area contributed by atoms with Crippen molar-refractivity contribution < 1.29 is 9.90 Å². The van der Waals surface area contributed by atoms with Gasteiger partial charge < -0.3 is 5.11 Å². The molecule has 1 aromatic rings. The Morgan fingerprint density at radius 2 is 2.14 bits per heavy atom. The van der Waals surface area contributed by atoms with Crippen LogP contribution in [0.3, 0.4) is 0 Å². The number of hydrogen-bond acceptors (Lipinski definition) is 3. The Labute approximate surface area is 86.8 Å². The summed E-state index contributed by atoms with van der Waals surface area (Å²) in [6.07, 6.45) is 4.86. The third-order valence-corrected chi connectivity index (χ3v) is 4.02. The van der Waals surface area contributed by atoms with Gasteiger partial charge >= 0.3 is 5.97 Å². The first-order chi connectivity index (χ1) is 6.68. The Balaban J connectivity index is 2.27. The maximum atomic E-state index is 10.8. The van der Waals surface area contributed by atoms with Gasteiger partial charge in [-0.15, -0.1) is 11.3 Å². The molecule has 0 aliphatic heterocycles. The van der Waals surface area contributed by atoms with Gasteiger partial charge in [0, 0.05) is 5.92 Å². The lowest BCUT2D eigenvalue weighted by molar-refractivity contribution is 0.0701. The van der Waals surface area contributed by atoms with Crippen molar-refractivity contribution in [3.8, 4) is 0 Å². The second-order valence-electron chi connectivity index (χ2n) is 3.75. The van der Waals surface area contributed by atoms with E-state index in [4.69, 9.17) is 5.11 Å². The van der Waals surface area contributed by atoms with Crippen molar-refractivity contribution in [2.75, 3.05) is 0 Å². The highest BCUT2D eigenvalue weighted by Crippen LogP contribution is 2.36. The molecule has 0 saturated heterocycles. The van der Waals surface area contributed by atoms with Crippen LogP contribution < -0.4 is 0 Å². The average molecular weight is 211 g/mol. The fraction of sp³-hybridized carbons (Fsp3) is 0.600. The third kappa shape index (κ3) is 1.66. The summed E-state index contributed by atoms with van der Waals surface area (Å²) in [7, 11) is 0. The first kappa shape index (κ1) is 9.65. The molecule has 0 aromatic carbocycles. The summed E-state index contributed by atoms with van der Waals surface area (Å²) in [5, 5.41) is 9.92. The van der Waals surface area contributed by atoms with E-state index in [0.717, 1.165) is 5.01 Å². The van der Waals surface area contributed by atoms with E-state index in [-0.39, 0.29) is 0 Å². The molecule has 0 spiro atoms. The van der Waals surface area contributed by atoms with Gasteiger partial charge in [-0.2, -0.15) is 0 Å². The van der Waals surface area contributed by atoms with Gasteiger partial charge in [-0.05, 0) is 19.8 Å². The summed E-state index contributed by atoms with van der Waals surface area (Å²) in [6.45, 7) is 1.78. The van der Waals surface area contributed by atoms with E-state index in [0.29, 0.717) is 16.5 Å². The van der Waals surface area contributed by atoms with Crippen molar-refractivity contribution in [1.29, 1.82) is 0 Å². The van der Waals surface area contributed by atoms with E-state index in [1.54, 1.807) is 6.92 Å². The molecule has 1 aliphatic rings.